The van der Waals surface area contributed by atoms with Crippen molar-refractivity contribution in [2.24, 2.45) is 0 Å². The van der Waals surface area contributed by atoms with Crippen LogP contribution >= 0.6 is 0 Å². The second kappa shape index (κ2) is 6.95. The van der Waals surface area contributed by atoms with Gasteiger partial charge < -0.3 is 20.1 Å². The summed E-state index contributed by atoms with van der Waals surface area (Å²) in [5.41, 5.74) is 1.46. The van der Waals surface area contributed by atoms with Crippen LogP contribution < -0.4 is 15.4 Å². The van der Waals surface area contributed by atoms with E-state index in [9.17, 15) is 14.4 Å². The van der Waals surface area contributed by atoms with Gasteiger partial charge in [-0.3, -0.25) is 4.79 Å². The van der Waals surface area contributed by atoms with Crippen LogP contribution in [-0.4, -0.2) is 24.6 Å². The SMILES string of the molecule is CCOC(=O)C1=C(C)NC(=O)NC1c1ccc(OC(C)=O)cc1. The van der Waals surface area contributed by atoms with Gasteiger partial charge in [-0.2, -0.15) is 0 Å². The van der Waals surface area contributed by atoms with Gasteiger partial charge in [-0.25, -0.2) is 9.59 Å². The number of carbonyl (C=O) groups is 3. The van der Waals surface area contributed by atoms with Crippen molar-refractivity contribution in [3.05, 3.63) is 41.1 Å². The van der Waals surface area contributed by atoms with Crippen molar-refractivity contribution in [1.82, 2.24) is 10.6 Å². The molecule has 0 radical (unpaired) electrons. The second-order valence-electron chi connectivity index (χ2n) is 4.95. The van der Waals surface area contributed by atoms with Gasteiger partial charge >= 0.3 is 18.0 Å². The van der Waals surface area contributed by atoms with Gasteiger partial charge in [-0.05, 0) is 31.5 Å². The highest BCUT2D eigenvalue weighted by Gasteiger charge is 2.32. The lowest BCUT2D eigenvalue weighted by molar-refractivity contribution is -0.139. The van der Waals surface area contributed by atoms with Crippen LogP contribution in [0.2, 0.25) is 0 Å². The van der Waals surface area contributed by atoms with Crippen molar-refractivity contribution in [1.29, 1.82) is 0 Å². The van der Waals surface area contributed by atoms with Crippen molar-refractivity contribution in [3.8, 4) is 5.75 Å². The van der Waals surface area contributed by atoms with Crippen LogP contribution in [0.25, 0.3) is 0 Å². The lowest BCUT2D eigenvalue weighted by Gasteiger charge is -2.28. The van der Waals surface area contributed by atoms with Crippen molar-refractivity contribution >= 4 is 18.0 Å². The van der Waals surface area contributed by atoms with Gasteiger partial charge in [0.1, 0.15) is 5.75 Å². The third-order valence-corrected chi connectivity index (χ3v) is 3.24. The maximum Gasteiger partial charge on any atom is 0.338 e. The fourth-order valence-corrected chi connectivity index (χ4v) is 2.32. The fraction of sp³-hybridized carbons (Fsp3) is 0.312. The number of hydrogen-bond donors (Lipinski definition) is 2. The molecule has 1 aromatic carbocycles. The molecule has 0 aromatic heterocycles. The zero-order chi connectivity index (χ0) is 17.0. The number of nitrogens with one attached hydrogen (secondary N) is 2. The molecule has 0 spiro atoms. The Kier molecular flexibility index (Phi) is 5.00. The molecule has 1 aromatic rings. The third kappa shape index (κ3) is 3.88. The van der Waals surface area contributed by atoms with E-state index in [0.29, 0.717) is 22.6 Å². The fourth-order valence-electron chi connectivity index (χ4n) is 2.32. The average Bonchev–Trinajstić information content (AvgIpc) is 2.46. The molecule has 122 valence electrons. The smallest absolute Gasteiger partial charge is 0.338 e. The molecular formula is C16H18N2O5. The molecule has 7 heteroatoms. The van der Waals surface area contributed by atoms with E-state index >= 15 is 0 Å². The number of esters is 2. The first-order chi connectivity index (χ1) is 10.9. The van der Waals surface area contributed by atoms with Crippen LogP contribution in [0.1, 0.15) is 32.4 Å². The first-order valence-electron chi connectivity index (χ1n) is 7.16. The van der Waals surface area contributed by atoms with Crippen LogP contribution in [-0.2, 0) is 14.3 Å². The molecule has 1 unspecified atom stereocenters. The molecule has 0 aliphatic carbocycles. The molecule has 0 fully saturated rings. The Morgan fingerprint density at radius 1 is 1.22 bits per heavy atom. The monoisotopic (exact) mass is 318 g/mol. The number of carbonyl (C=O) groups excluding carboxylic acids is 3. The Labute approximate surface area is 133 Å². The molecule has 23 heavy (non-hydrogen) atoms. The Morgan fingerprint density at radius 2 is 1.87 bits per heavy atom. The van der Waals surface area contributed by atoms with E-state index in [2.05, 4.69) is 10.6 Å². The van der Waals surface area contributed by atoms with E-state index < -0.39 is 24.0 Å². The van der Waals surface area contributed by atoms with Crippen LogP contribution in [0.4, 0.5) is 4.79 Å². The predicted octanol–water partition coefficient (Wildman–Crippen LogP) is 1.80. The first kappa shape index (κ1) is 16.5. The van der Waals surface area contributed by atoms with Crippen LogP contribution in [0, 0.1) is 0 Å². The van der Waals surface area contributed by atoms with Crippen LogP contribution in [0.3, 0.4) is 0 Å². The summed E-state index contributed by atoms with van der Waals surface area (Å²) in [5, 5.41) is 5.26. The molecule has 0 saturated carbocycles. The average molecular weight is 318 g/mol. The van der Waals surface area contributed by atoms with Gasteiger partial charge in [-0.15, -0.1) is 0 Å². The van der Waals surface area contributed by atoms with Gasteiger partial charge in [-0.1, -0.05) is 12.1 Å². The topological polar surface area (TPSA) is 93.7 Å². The van der Waals surface area contributed by atoms with Crippen LogP contribution in [0.15, 0.2) is 35.5 Å². The molecular weight excluding hydrogens is 300 g/mol. The lowest BCUT2D eigenvalue weighted by Crippen LogP contribution is -2.45. The normalized spacial score (nSPS) is 17.2. The number of ether oxygens (including phenoxy) is 2. The molecule has 1 aliphatic heterocycles. The summed E-state index contributed by atoms with van der Waals surface area (Å²) in [7, 11) is 0. The zero-order valence-corrected chi connectivity index (χ0v) is 13.1. The van der Waals surface area contributed by atoms with Gasteiger partial charge in [0.25, 0.3) is 0 Å². The lowest BCUT2D eigenvalue weighted by atomic mass is 9.95. The van der Waals surface area contributed by atoms with E-state index in [-0.39, 0.29) is 6.61 Å². The Bertz CT molecular complexity index is 664. The second-order valence-corrected chi connectivity index (χ2v) is 4.95. The molecule has 2 rings (SSSR count). The van der Waals surface area contributed by atoms with Crippen molar-refractivity contribution < 1.29 is 23.9 Å². The summed E-state index contributed by atoms with van der Waals surface area (Å²) in [6.45, 7) is 4.91. The van der Waals surface area contributed by atoms with Crippen molar-refractivity contribution in [2.75, 3.05) is 6.61 Å². The van der Waals surface area contributed by atoms with Gasteiger partial charge in [0.05, 0.1) is 18.2 Å². The van der Waals surface area contributed by atoms with Crippen LogP contribution in [0.5, 0.6) is 5.75 Å². The minimum Gasteiger partial charge on any atom is -0.463 e. The summed E-state index contributed by atoms with van der Waals surface area (Å²) < 4.78 is 10.0. The van der Waals surface area contributed by atoms with Crippen molar-refractivity contribution in [2.45, 2.75) is 26.8 Å². The van der Waals surface area contributed by atoms with Gasteiger partial charge in [0.2, 0.25) is 0 Å². The number of benzene rings is 1. The van der Waals surface area contributed by atoms with E-state index in [0.717, 1.165) is 0 Å². The number of rotatable bonds is 4. The van der Waals surface area contributed by atoms with Crippen molar-refractivity contribution in [3.63, 3.8) is 0 Å². The molecule has 1 atom stereocenters. The standard InChI is InChI=1S/C16H18N2O5/c1-4-22-15(20)13-9(2)17-16(21)18-14(13)11-5-7-12(8-6-11)23-10(3)19/h5-8,14H,4H2,1-3H3,(H2,17,18,21). The quantitative estimate of drug-likeness (QED) is 0.652. The largest absolute Gasteiger partial charge is 0.463 e. The van der Waals surface area contributed by atoms with Gasteiger partial charge in [0.15, 0.2) is 0 Å². The molecule has 0 bridgehead atoms. The third-order valence-electron chi connectivity index (χ3n) is 3.24. The van der Waals surface area contributed by atoms with E-state index in [1.807, 2.05) is 0 Å². The molecule has 1 aliphatic rings. The number of hydrogen-bond acceptors (Lipinski definition) is 5. The first-order valence-corrected chi connectivity index (χ1v) is 7.16. The summed E-state index contributed by atoms with van der Waals surface area (Å²) >= 11 is 0. The Morgan fingerprint density at radius 3 is 2.43 bits per heavy atom. The number of allylic oxidation sites excluding steroid dienone is 1. The number of amides is 2. The predicted molar refractivity (Wildman–Crippen MR) is 81.5 cm³/mol. The van der Waals surface area contributed by atoms with Gasteiger partial charge in [0, 0.05) is 12.6 Å². The summed E-state index contributed by atoms with van der Waals surface area (Å²) in [5.74, 6) is -0.526. The molecule has 2 N–H and O–H groups in total. The highest BCUT2D eigenvalue weighted by molar-refractivity contribution is 5.95. The maximum atomic E-state index is 12.2. The Balaban J connectivity index is 2.34. The summed E-state index contributed by atoms with van der Waals surface area (Å²) in [6.07, 6.45) is 0. The number of urea groups is 1. The summed E-state index contributed by atoms with van der Waals surface area (Å²) in [4.78, 5) is 34.8. The molecule has 7 nitrogen and oxygen atoms in total. The minimum atomic E-state index is -0.630. The Hall–Kier alpha value is -2.83. The molecule has 2 amide bonds. The summed E-state index contributed by atoms with van der Waals surface area (Å²) in [6, 6.07) is 5.53. The van der Waals surface area contributed by atoms with E-state index in [1.54, 1.807) is 38.1 Å². The maximum absolute atomic E-state index is 12.2. The highest BCUT2D eigenvalue weighted by atomic mass is 16.5. The minimum absolute atomic E-state index is 0.238. The van der Waals surface area contributed by atoms with E-state index in [1.165, 1.54) is 6.92 Å². The molecule has 1 heterocycles. The van der Waals surface area contributed by atoms with E-state index in [4.69, 9.17) is 9.47 Å². The zero-order valence-electron chi connectivity index (χ0n) is 13.1. The highest BCUT2D eigenvalue weighted by Crippen LogP contribution is 2.28. The molecule has 0 saturated heterocycles.